The molecule has 0 aliphatic heterocycles. The van der Waals surface area contributed by atoms with Crippen molar-refractivity contribution >= 4 is 16.1 Å². The normalized spacial score (nSPS) is 31.8. The van der Waals surface area contributed by atoms with E-state index in [9.17, 15) is 0 Å². The molecular formula is C22H38Si2. The molecule has 3 unspecified atom stereocenters. The van der Waals surface area contributed by atoms with Gasteiger partial charge in [0, 0.05) is 0 Å². The monoisotopic (exact) mass is 358 g/mol. The Balaban J connectivity index is 2.00. The van der Waals surface area contributed by atoms with Gasteiger partial charge in [-0.1, -0.05) is 74.2 Å². The summed E-state index contributed by atoms with van der Waals surface area (Å²) in [5.41, 5.74) is 7.00. The largest absolute Gasteiger partial charge is 0.0850 e. The fourth-order valence-electron chi connectivity index (χ4n) is 5.05. The number of hydrogen-bond donors (Lipinski definition) is 0. The van der Waals surface area contributed by atoms with Crippen LogP contribution in [0.4, 0.5) is 0 Å². The zero-order chi connectivity index (χ0) is 17.5. The molecule has 0 heterocycles. The summed E-state index contributed by atoms with van der Waals surface area (Å²) in [5, 5.41) is 0. The Labute approximate surface area is 152 Å². The van der Waals surface area contributed by atoms with Gasteiger partial charge in [0.15, 0.2) is 0 Å². The first kappa shape index (κ1) is 18.4. The summed E-state index contributed by atoms with van der Waals surface area (Å²) >= 11 is 0. The summed E-state index contributed by atoms with van der Waals surface area (Å²) in [4.78, 5) is 0. The second-order valence-corrected chi connectivity index (χ2v) is 21.4. The molecule has 0 nitrogen and oxygen atoms in total. The molecule has 0 saturated carbocycles. The van der Waals surface area contributed by atoms with Crippen LogP contribution in [0.15, 0.2) is 34.9 Å². The molecule has 6 aliphatic carbocycles. The predicted octanol–water partition coefficient (Wildman–Crippen LogP) is 7.57. The van der Waals surface area contributed by atoms with E-state index < -0.39 is 16.1 Å². The van der Waals surface area contributed by atoms with Crippen LogP contribution < -0.4 is 0 Å². The van der Waals surface area contributed by atoms with Gasteiger partial charge in [-0.3, -0.25) is 0 Å². The predicted molar refractivity (Wildman–Crippen MR) is 114 cm³/mol. The number of hydrogen-bond acceptors (Lipinski definition) is 0. The molecule has 0 radical (unpaired) electrons. The molecule has 134 valence electrons. The van der Waals surface area contributed by atoms with Crippen molar-refractivity contribution in [2.24, 2.45) is 5.92 Å². The number of rotatable bonds is 2. The van der Waals surface area contributed by atoms with E-state index in [0.29, 0.717) is 0 Å². The highest BCUT2D eigenvalue weighted by molar-refractivity contribution is 6.80. The first-order valence-corrected chi connectivity index (χ1v) is 17.4. The third kappa shape index (κ3) is 4.07. The highest BCUT2D eigenvalue weighted by atomic mass is 28.3. The van der Waals surface area contributed by atoms with Gasteiger partial charge in [-0.05, 0) is 61.9 Å². The highest BCUT2D eigenvalue weighted by Gasteiger charge is 2.37. The van der Waals surface area contributed by atoms with E-state index in [1.165, 1.54) is 44.9 Å². The molecular weight excluding hydrogens is 320 g/mol. The fraction of sp³-hybridized carbons (Fsp3) is 0.727. The summed E-state index contributed by atoms with van der Waals surface area (Å²) in [6.07, 6.45) is 17.9. The smallest absolute Gasteiger partial charge is 0.0561 e. The van der Waals surface area contributed by atoms with Crippen LogP contribution in [0.5, 0.6) is 0 Å². The second-order valence-electron chi connectivity index (χ2n) is 10.7. The molecule has 24 heavy (non-hydrogen) atoms. The van der Waals surface area contributed by atoms with Crippen molar-refractivity contribution in [1.29, 1.82) is 0 Å². The van der Waals surface area contributed by atoms with Crippen LogP contribution >= 0.6 is 0 Å². The zero-order valence-electron chi connectivity index (χ0n) is 16.9. The van der Waals surface area contributed by atoms with Gasteiger partial charge in [0.2, 0.25) is 0 Å². The van der Waals surface area contributed by atoms with Crippen LogP contribution in [0.3, 0.4) is 0 Å². The highest BCUT2D eigenvalue weighted by Crippen LogP contribution is 2.48. The first-order chi connectivity index (χ1) is 11.1. The van der Waals surface area contributed by atoms with E-state index >= 15 is 0 Å². The summed E-state index contributed by atoms with van der Waals surface area (Å²) < 4.78 is 0. The van der Waals surface area contributed by atoms with Crippen LogP contribution in [-0.4, -0.2) is 16.1 Å². The molecule has 6 aliphatic rings. The third-order valence-electron chi connectivity index (χ3n) is 6.62. The van der Waals surface area contributed by atoms with Crippen molar-refractivity contribution in [1.82, 2.24) is 0 Å². The molecule has 0 aromatic rings. The molecule has 0 aromatic carbocycles. The van der Waals surface area contributed by atoms with Crippen molar-refractivity contribution in [2.45, 2.75) is 95.3 Å². The summed E-state index contributed by atoms with van der Waals surface area (Å²) in [6.45, 7) is 15.5. The zero-order valence-corrected chi connectivity index (χ0v) is 18.9. The molecule has 0 N–H and O–H groups in total. The van der Waals surface area contributed by atoms with E-state index in [0.717, 1.165) is 17.0 Å². The lowest BCUT2D eigenvalue weighted by Gasteiger charge is -2.40. The van der Waals surface area contributed by atoms with Gasteiger partial charge in [0.05, 0.1) is 16.1 Å². The first-order valence-electron chi connectivity index (χ1n) is 10.2. The lowest BCUT2D eigenvalue weighted by atomic mass is 9.81. The van der Waals surface area contributed by atoms with Crippen molar-refractivity contribution < 1.29 is 0 Å². The van der Waals surface area contributed by atoms with Crippen molar-refractivity contribution in [2.75, 3.05) is 0 Å². The fourth-order valence-corrected chi connectivity index (χ4v) is 9.18. The van der Waals surface area contributed by atoms with Gasteiger partial charge < -0.3 is 0 Å². The molecule has 6 rings (SSSR count). The lowest BCUT2D eigenvalue weighted by molar-refractivity contribution is 0.429. The Morgan fingerprint density at radius 3 is 1.75 bits per heavy atom. The average Bonchev–Trinajstić information content (AvgIpc) is 2.47. The minimum absolute atomic E-state index is 0.790. The maximum atomic E-state index is 2.80. The van der Waals surface area contributed by atoms with Crippen LogP contribution in [-0.2, 0) is 0 Å². The lowest BCUT2D eigenvalue weighted by Crippen LogP contribution is -2.35. The van der Waals surface area contributed by atoms with Crippen LogP contribution in [0.1, 0.15) is 44.9 Å². The van der Waals surface area contributed by atoms with E-state index in [2.05, 4.69) is 57.5 Å². The standard InChI is InChI=1S/C22H38Si2/c1-23(2,3)21-15-20-14-12-18-9-7-17(8-10-18)11-13-19(21)16-22(20)24(4,5)6/h7,15-16,18,21-22H,8-14H2,1-6H3. The summed E-state index contributed by atoms with van der Waals surface area (Å²) in [6, 6.07) is 0. The molecule has 3 atom stereocenters. The van der Waals surface area contributed by atoms with Gasteiger partial charge in [0.1, 0.15) is 0 Å². The SMILES string of the molecule is C[Si](C)(C)C1C=C2CCC3CC=C(CCC1=CC2[Si](C)(C)C)CC3. The topological polar surface area (TPSA) is 0 Å². The average molecular weight is 359 g/mol. The van der Waals surface area contributed by atoms with Gasteiger partial charge in [-0.25, -0.2) is 0 Å². The Hall–Kier alpha value is -0.346. The number of allylic oxidation sites excluding steroid dienone is 6. The van der Waals surface area contributed by atoms with Gasteiger partial charge in [-0.15, -0.1) is 0 Å². The Morgan fingerprint density at radius 2 is 1.25 bits per heavy atom. The Morgan fingerprint density at radius 1 is 0.708 bits per heavy atom. The minimum Gasteiger partial charge on any atom is -0.0850 e. The van der Waals surface area contributed by atoms with Crippen LogP contribution in [0.25, 0.3) is 0 Å². The minimum atomic E-state index is -1.19. The van der Waals surface area contributed by atoms with Gasteiger partial charge in [-0.2, -0.15) is 0 Å². The van der Waals surface area contributed by atoms with Crippen molar-refractivity contribution in [3.63, 3.8) is 0 Å². The summed E-state index contributed by atoms with van der Waals surface area (Å²) in [5.74, 6) is 0.951. The second kappa shape index (κ2) is 6.76. The summed E-state index contributed by atoms with van der Waals surface area (Å²) in [7, 11) is -2.38. The Bertz CT molecular complexity index is 566. The van der Waals surface area contributed by atoms with Gasteiger partial charge >= 0.3 is 0 Å². The molecule has 0 amide bonds. The van der Waals surface area contributed by atoms with Crippen molar-refractivity contribution in [3.8, 4) is 0 Å². The maximum Gasteiger partial charge on any atom is 0.0561 e. The molecule has 4 bridgehead atoms. The Kier molecular flexibility index (Phi) is 5.19. The van der Waals surface area contributed by atoms with E-state index in [1.54, 1.807) is 5.57 Å². The molecule has 2 heteroatoms. The molecule has 0 saturated heterocycles. The van der Waals surface area contributed by atoms with E-state index in [-0.39, 0.29) is 0 Å². The van der Waals surface area contributed by atoms with E-state index in [4.69, 9.17) is 0 Å². The van der Waals surface area contributed by atoms with Gasteiger partial charge in [0.25, 0.3) is 0 Å². The third-order valence-corrected chi connectivity index (χ3v) is 11.4. The van der Waals surface area contributed by atoms with Crippen LogP contribution in [0.2, 0.25) is 50.4 Å². The molecule has 0 spiro atoms. The molecule has 0 fully saturated rings. The van der Waals surface area contributed by atoms with E-state index in [1.807, 2.05) is 11.1 Å². The van der Waals surface area contributed by atoms with Crippen LogP contribution in [0, 0.1) is 5.92 Å². The quantitative estimate of drug-likeness (QED) is 0.352. The maximum absolute atomic E-state index is 2.80. The molecule has 0 aromatic heterocycles. The van der Waals surface area contributed by atoms with Crippen molar-refractivity contribution in [3.05, 3.63) is 34.9 Å².